The van der Waals surface area contributed by atoms with Crippen molar-refractivity contribution in [2.45, 2.75) is 23.9 Å². The molecule has 0 aliphatic carbocycles. The number of pyridine rings is 1. The normalized spacial score (nSPS) is 16.7. The van der Waals surface area contributed by atoms with E-state index in [1.807, 2.05) is 0 Å². The first-order chi connectivity index (χ1) is 9.09. The first-order valence-electron chi connectivity index (χ1n) is 5.69. The average molecular weight is 279 g/mol. The number of thioether (sulfide) groups is 1. The largest absolute Gasteiger partial charge is 0.548 e. The number of nitrogens with zero attached hydrogens (tertiary/aromatic N) is 2. The fraction of sp³-hybridized carbons (Fsp3) is 0.333. The van der Waals surface area contributed by atoms with Gasteiger partial charge in [-0.05, 0) is 12.1 Å². The van der Waals surface area contributed by atoms with Crippen molar-refractivity contribution in [2.75, 3.05) is 5.75 Å². The van der Waals surface area contributed by atoms with Crippen LogP contribution in [0.5, 0.6) is 0 Å². The SMILES string of the molecule is O=C([O-])C(CSc1ccccn1)N1C(=O)CCC1=O. The van der Waals surface area contributed by atoms with Gasteiger partial charge >= 0.3 is 0 Å². The van der Waals surface area contributed by atoms with Crippen molar-refractivity contribution < 1.29 is 19.5 Å². The minimum atomic E-state index is -1.42. The number of carboxylic acids is 1. The molecule has 1 aliphatic rings. The molecule has 0 aromatic carbocycles. The van der Waals surface area contributed by atoms with Gasteiger partial charge in [-0.25, -0.2) is 4.98 Å². The molecule has 1 fully saturated rings. The van der Waals surface area contributed by atoms with Gasteiger partial charge in [-0.2, -0.15) is 0 Å². The fourth-order valence-corrected chi connectivity index (χ4v) is 2.71. The number of likely N-dealkylation sites (tertiary alicyclic amines) is 1. The van der Waals surface area contributed by atoms with E-state index < -0.39 is 23.8 Å². The number of carbonyl (C=O) groups is 3. The van der Waals surface area contributed by atoms with Crippen molar-refractivity contribution >= 4 is 29.5 Å². The molecule has 1 saturated heterocycles. The number of aliphatic carboxylic acids is 1. The topological polar surface area (TPSA) is 90.4 Å². The number of carbonyl (C=O) groups excluding carboxylic acids is 3. The number of imide groups is 1. The van der Waals surface area contributed by atoms with Crippen molar-refractivity contribution in [2.24, 2.45) is 0 Å². The summed E-state index contributed by atoms with van der Waals surface area (Å²) in [5.74, 6) is -2.30. The lowest BCUT2D eigenvalue weighted by atomic mass is 10.3. The third-order valence-electron chi connectivity index (χ3n) is 2.70. The Hall–Kier alpha value is -1.89. The molecule has 1 aliphatic heterocycles. The number of aromatic nitrogens is 1. The van der Waals surface area contributed by atoms with Gasteiger partial charge in [0.15, 0.2) is 0 Å². The molecule has 7 heteroatoms. The Bertz CT molecular complexity index is 490. The van der Waals surface area contributed by atoms with E-state index in [0.29, 0.717) is 5.03 Å². The summed E-state index contributed by atoms with van der Waals surface area (Å²) >= 11 is 1.17. The van der Waals surface area contributed by atoms with E-state index in [2.05, 4.69) is 4.98 Å². The molecule has 0 bridgehead atoms. The molecule has 1 unspecified atom stereocenters. The minimum absolute atomic E-state index is 0.0385. The molecule has 2 amide bonds. The summed E-state index contributed by atoms with van der Waals surface area (Å²) in [6.45, 7) is 0. The summed E-state index contributed by atoms with van der Waals surface area (Å²) in [7, 11) is 0. The summed E-state index contributed by atoms with van der Waals surface area (Å²) in [6.07, 6.45) is 1.72. The number of amides is 2. The molecule has 2 heterocycles. The molecule has 0 radical (unpaired) electrons. The van der Waals surface area contributed by atoms with E-state index in [4.69, 9.17) is 0 Å². The second-order valence-electron chi connectivity index (χ2n) is 3.97. The van der Waals surface area contributed by atoms with Gasteiger partial charge in [0.05, 0.1) is 17.0 Å². The molecule has 100 valence electrons. The third-order valence-corrected chi connectivity index (χ3v) is 3.72. The van der Waals surface area contributed by atoms with E-state index in [0.717, 1.165) is 4.90 Å². The van der Waals surface area contributed by atoms with Crippen LogP contribution in [0.1, 0.15) is 12.8 Å². The van der Waals surface area contributed by atoms with E-state index >= 15 is 0 Å². The molecule has 1 atom stereocenters. The van der Waals surface area contributed by atoms with E-state index in [1.54, 1.807) is 24.4 Å². The summed E-state index contributed by atoms with van der Waals surface area (Å²) in [5, 5.41) is 11.7. The van der Waals surface area contributed by atoms with Crippen LogP contribution in [0.25, 0.3) is 0 Å². The summed E-state index contributed by atoms with van der Waals surface area (Å²) in [4.78, 5) is 39.0. The van der Waals surface area contributed by atoms with Gasteiger partial charge in [-0.1, -0.05) is 6.07 Å². The molecule has 1 aromatic heterocycles. The minimum Gasteiger partial charge on any atom is -0.548 e. The second kappa shape index (κ2) is 5.83. The van der Waals surface area contributed by atoms with Crippen molar-refractivity contribution in [3.63, 3.8) is 0 Å². The van der Waals surface area contributed by atoms with Crippen LogP contribution >= 0.6 is 11.8 Å². The highest BCUT2D eigenvalue weighted by Crippen LogP contribution is 2.21. The smallest absolute Gasteiger partial charge is 0.230 e. The Balaban J connectivity index is 2.07. The van der Waals surface area contributed by atoms with Gasteiger partial charge in [0.25, 0.3) is 0 Å². The predicted molar refractivity (Wildman–Crippen MR) is 64.8 cm³/mol. The zero-order valence-electron chi connectivity index (χ0n) is 9.94. The molecule has 2 rings (SSSR count). The number of hydrogen-bond donors (Lipinski definition) is 0. The van der Waals surface area contributed by atoms with Crippen LogP contribution in [0.3, 0.4) is 0 Å². The van der Waals surface area contributed by atoms with Gasteiger partial charge in [0.2, 0.25) is 11.8 Å². The lowest BCUT2D eigenvalue weighted by molar-refractivity contribution is -0.310. The van der Waals surface area contributed by atoms with Crippen molar-refractivity contribution in [3.8, 4) is 0 Å². The number of hydrogen-bond acceptors (Lipinski definition) is 6. The Morgan fingerprint density at radius 1 is 1.37 bits per heavy atom. The van der Waals surface area contributed by atoms with Crippen LogP contribution in [-0.2, 0) is 14.4 Å². The molecule has 0 saturated carbocycles. The average Bonchev–Trinajstić information content (AvgIpc) is 2.72. The van der Waals surface area contributed by atoms with Crippen LogP contribution in [0.15, 0.2) is 29.4 Å². The third kappa shape index (κ3) is 3.11. The highest BCUT2D eigenvalue weighted by Gasteiger charge is 2.35. The fourth-order valence-electron chi connectivity index (χ4n) is 1.79. The van der Waals surface area contributed by atoms with Crippen LogP contribution in [0.2, 0.25) is 0 Å². The standard InChI is InChI=1S/C12H12N2O4S/c15-10-4-5-11(16)14(10)8(12(17)18)7-19-9-3-1-2-6-13-9/h1-3,6,8H,4-5,7H2,(H,17,18)/p-1. The first-order valence-corrected chi connectivity index (χ1v) is 6.67. The van der Waals surface area contributed by atoms with E-state index in [9.17, 15) is 19.5 Å². The monoisotopic (exact) mass is 279 g/mol. The molecule has 0 spiro atoms. The summed E-state index contributed by atoms with van der Waals surface area (Å²) < 4.78 is 0. The quantitative estimate of drug-likeness (QED) is 0.530. The van der Waals surface area contributed by atoms with Crippen LogP contribution in [-0.4, -0.2) is 39.5 Å². The first kappa shape index (κ1) is 13.5. The maximum atomic E-state index is 11.5. The maximum absolute atomic E-state index is 11.5. The Morgan fingerprint density at radius 3 is 2.58 bits per heavy atom. The predicted octanol–water partition coefficient (Wildman–Crippen LogP) is -0.559. The maximum Gasteiger partial charge on any atom is 0.230 e. The van der Waals surface area contributed by atoms with Gasteiger partial charge in [0.1, 0.15) is 0 Å². The molecular formula is C12H11N2O4S-. The van der Waals surface area contributed by atoms with Gasteiger partial charge in [0, 0.05) is 24.8 Å². The highest BCUT2D eigenvalue weighted by molar-refractivity contribution is 7.99. The van der Waals surface area contributed by atoms with E-state index in [-0.39, 0.29) is 18.6 Å². The molecule has 0 N–H and O–H groups in total. The van der Waals surface area contributed by atoms with Crippen molar-refractivity contribution in [1.82, 2.24) is 9.88 Å². The Morgan fingerprint density at radius 2 is 2.05 bits per heavy atom. The Kier molecular flexibility index (Phi) is 4.16. The van der Waals surface area contributed by atoms with Crippen LogP contribution in [0, 0.1) is 0 Å². The number of carboxylic acid groups (broad SMARTS) is 1. The van der Waals surface area contributed by atoms with E-state index in [1.165, 1.54) is 11.8 Å². The molecule has 6 nitrogen and oxygen atoms in total. The summed E-state index contributed by atoms with van der Waals surface area (Å²) in [6, 6.07) is 4.00. The lowest BCUT2D eigenvalue weighted by Crippen LogP contribution is -2.51. The highest BCUT2D eigenvalue weighted by atomic mass is 32.2. The van der Waals surface area contributed by atoms with Crippen molar-refractivity contribution in [1.29, 1.82) is 0 Å². The Labute approximate surface area is 113 Å². The zero-order valence-corrected chi connectivity index (χ0v) is 10.8. The van der Waals surface area contributed by atoms with Gasteiger partial charge in [-0.15, -0.1) is 11.8 Å². The molecule has 19 heavy (non-hydrogen) atoms. The van der Waals surface area contributed by atoms with Crippen molar-refractivity contribution in [3.05, 3.63) is 24.4 Å². The molecule has 1 aromatic rings. The lowest BCUT2D eigenvalue weighted by Gasteiger charge is -2.26. The van der Waals surface area contributed by atoms with Crippen LogP contribution in [0.4, 0.5) is 0 Å². The van der Waals surface area contributed by atoms with Crippen LogP contribution < -0.4 is 5.11 Å². The number of rotatable bonds is 5. The van der Waals surface area contributed by atoms with Gasteiger partial charge in [-0.3, -0.25) is 14.5 Å². The molecular weight excluding hydrogens is 268 g/mol. The second-order valence-corrected chi connectivity index (χ2v) is 5.01. The van der Waals surface area contributed by atoms with Gasteiger partial charge < -0.3 is 9.90 Å². The zero-order chi connectivity index (χ0) is 13.8. The summed E-state index contributed by atoms with van der Waals surface area (Å²) in [5.41, 5.74) is 0.